The highest BCUT2D eigenvalue weighted by Gasteiger charge is 2.73. The molecule has 2 aromatic rings. The highest BCUT2D eigenvalue weighted by Crippen LogP contribution is 2.79. The Morgan fingerprint density at radius 1 is 0.833 bits per heavy atom. The summed E-state index contributed by atoms with van der Waals surface area (Å²) in [7, 11) is 0. The van der Waals surface area contributed by atoms with Crippen molar-refractivity contribution in [1.82, 2.24) is 0 Å². The van der Waals surface area contributed by atoms with Gasteiger partial charge in [0.15, 0.2) is 0 Å². The molecular weight excluding hydrogens is 218 g/mol. The monoisotopic (exact) mass is 233 g/mol. The molecule has 3 aliphatic rings. The van der Waals surface area contributed by atoms with Crippen LogP contribution in [0, 0.1) is 5.92 Å². The summed E-state index contributed by atoms with van der Waals surface area (Å²) in [5, 5.41) is 0. The van der Waals surface area contributed by atoms with Gasteiger partial charge < -0.3 is 5.73 Å². The number of hydrogen-bond acceptors (Lipinski definition) is 1. The summed E-state index contributed by atoms with van der Waals surface area (Å²) in [5.74, 6) is 2.25. The maximum Gasteiger partial charge on any atom is 0.0370 e. The summed E-state index contributed by atoms with van der Waals surface area (Å²) in [5.41, 5.74) is 12.5. The van der Waals surface area contributed by atoms with Gasteiger partial charge in [-0.05, 0) is 40.0 Å². The summed E-state index contributed by atoms with van der Waals surface area (Å²) in [4.78, 5) is 0. The minimum absolute atomic E-state index is 0.127. The maximum absolute atomic E-state index is 6.25. The van der Waals surface area contributed by atoms with E-state index in [1.807, 2.05) is 0 Å². The molecular formula is C17H15N. The number of rotatable bonds is 1. The third kappa shape index (κ3) is 0.733. The molecule has 1 fully saturated rings. The van der Waals surface area contributed by atoms with Gasteiger partial charge in [0.25, 0.3) is 0 Å². The first-order valence-electron chi connectivity index (χ1n) is 6.78. The van der Waals surface area contributed by atoms with Gasteiger partial charge >= 0.3 is 0 Å². The van der Waals surface area contributed by atoms with Gasteiger partial charge in [-0.2, -0.15) is 0 Å². The number of benzene rings is 2. The van der Waals surface area contributed by atoms with Gasteiger partial charge in [0.2, 0.25) is 0 Å². The second kappa shape index (κ2) is 2.70. The topological polar surface area (TPSA) is 26.0 Å². The Morgan fingerprint density at radius 2 is 1.33 bits per heavy atom. The van der Waals surface area contributed by atoms with E-state index in [4.69, 9.17) is 5.73 Å². The van der Waals surface area contributed by atoms with Crippen LogP contribution in [0.3, 0.4) is 0 Å². The first-order valence-corrected chi connectivity index (χ1v) is 6.78. The zero-order valence-electron chi connectivity index (χ0n) is 10.1. The third-order valence-electron chi connectivity index (χ3n) is 5.51. The molecule has 5 rings (SSSR count). The molecule has 0 radical (unpaired) electrons. The summed E-state index contributed by atoms with van der Waals surface area (Å²) in [6, 6.07) is 17.9. The molecule has 0 saturated heterocycles. The zero-order valence-corrected chi connectivity index (χ0v) is 10.1. The molecule has 0 unspecified atom stereocenters. The van der Waals surface area contributed by atoms with Crippen molar-refractivity contribution in [3.63, 3.8) is 0 Å². The van der Waals surface area contributed by atoms with Crippen molar-refractivity contribution >= 4 is 0 Å². The highest BCUT2D eigenvalue weighted by atomic mass is 14.8. The van der Waals surface area contributed by atoms with E-state index >= 15 is 0 Å². The van der Waals surface area contributed by atoms with Crippen molar-refractivity contribution in [2.45, 2.75) is 17.3 Å². The minimum atomic E-state index is 0.127. The number of fused-ring (bicyclic) bond motifs is 7. The first kappa shape index (κ1) is 9.35. The lowest BCUT2D eigenvalue weighted by Gasteiger charge is -2.29. The van der Waals surface area contributed by atoms with Crippen LogP contribution in [0.2, 0.25) is 0 Å². The van der Waals surface area contributed by atoms with Crippen molar-refractivity contribution in [3.05, 3.63) is 70.8 Å². The van der Waals surface area contributed by atoms with E-state index in [-0.39, 0.29) is 5.41 Å². The van der Waals surface area contributed by atoms with Crippen LogP contribution in [0.1, 0.15) is 34.1 Å². The lowest BCUT2D eigenvalue weighted by Crippen LogP contribution is -2.35. The molecule has 0 amide bonds. The fourth-order valence-electron chi connectivity index (χ4n) is 4.95. The predicted molar refractivity (Wildman–Crippen MR) is 71.7 cm³/mol. The normalized spacial score (nSPS) is 37.1. The van der Waals surface area contributed by atoms with E-state index in [1.54, 1.807) is 11.1 Å². The minimum Gasteiger partial charge on any atom is -0.329 e. The summed E-state index contributed by atoms with van der Waals surface area (Å²) < 4.78 is 0. The molecule has 0 heterocycles. The first-order chi connectivity index (χ1) is 8.89. The maximum atomic E-state index is 6.25. The van der Waals surface area contributed by atoms with E-state index < -0.39 is 0 Å². The molecule has 0 aliphatic heterocycles. The molecule has 0 bridgehead atoms. The quantitative estimate of drug-likeness (QED) is 0.805. The number of hydrogen-bond donors (Lipinski definition) is 1. The van der Waals surface area contributed by atoms with Crippen molar-refractivity contribution in [2.75, 3.05) is 6.54 Å². The largest absolute Gasteiger partial charge is 0.329 e. The van der Waals surface area contributed by atoms with Crippen LogP contribution in [0.4, 0.5) is 0 Å². The van der Waals surface area contributed by atoms with Crippen LogP contribution in [-0.4, -0.2) is 6.54 Å². The van der Waals surface area contributed by atoms with Crippen molar-refractivity contribution in [1.29, 1.82) is 0 Å². The lowest BCUT2D eigenvalue weighted by molar-refractivity contribution is 0.491. The Kier molecular flexibility index (Phi) is 1.40. The smallest absolute Gasteiger partial charge is 0.0370 e. The Hall–Kier alpha value is -1.60. The SMILES string of the molecule is NCC12c3ccccc3[C@H]3C1[C@@H]3c1ccccc12. The van der Waals surface area contributed by atoms with Crippen LogP contribution in [0.15, 0.2) is 48.5 Å². The zero-order chi connectivity index (χ0) is 11.9. The molecule has 18 heavy (non-hydrogen) atoms. The average molecular weight is 233 g/mol. The lowest BCUT2D eigenvalue weighted by atomic mass is 9.75. The molecule has 0 spiro atoms. The van der Waals surface area contributed by atoms with Crippen LogP contribution in [0.25, 0.3) is 0 Å². The van der Waals surface area contributed by atoms with E-state index in [1.165, 1.54) is 11.1 Å². The van der Waals surface area contributed by atoms with Crippen molar-refractivity contribution < 1.29 is 0 Å². The van der Waals surface area contributed by atoms with Gasteiger partial charge in [-0.3, -0.25) is 0 Å². The molecule has 88 valence electrons. The molecule has 2 atom stereocenters. The fourth-order valence-corrected chi connectivity index (χ4v) is 4.95. The van der Waals surface area contributed by atoms with Gasteiger partial charge in [0, 0.05) is 12.0 Å². The van der Waals surface area contributed by atoms with Crippen LogP contribution in [-0.2, 0) is 5.41 Å². The molecule has 1 heteroatoms. The van der Waals surface area contributed by atoms with Crippen molar-refractivity contribution in [2.24, 2.45) is 11.7 Å². The second-order valence-electron chi connectivity index (χ2n) is 5.93. The molecule has 2 N–H and O–H groups in total. The van der Waals surface area contributed by atoms with Gasteiger partial charge in [0.05, 0.1) is 0 Å². The van der Waals surface area contributed by atoms with E-state index in [0.29, 0.717) is 0 Å². The number of nitrogens with two attached hydrogens (primary N) is 1. The standard InChI is InChI=1S/C17H15N/c18-9-17-12-7-3-1-5-10(12)14-15(16(14)17)11-6-2-4-8-13(11)17/h1-8,14-16H,9,18H2/t14-,15-,16?,17?/m1/s1. The molecule has 3 aliphatic carbocycles. The summed E-state index contributed by atoms with van der Waals surface area (Å²) in [6.45, 7) is 0.749. The van der Waals surface area contributed by atoms with E-state index in [2.05, 4.69) is 48.5 Å². The molecule has 1 nitrogen and oxygen atoms in total. The molecule has 1 saturated carbocycles. The van der Waals surface area contributed by atoms with Gasteiger partial charge in [-0.1, -0.05) is 48.5 Å². The van der Waals surface area contributed by atoms with Gasteiger partial charge in [-0.25, -0.2) is 0 Å². The molecule has 2 aromatic carbocycles. The van der Waals surface area contributed by atoms with Gasteiger partial charge in [0.1, 0.15) is 0 Å². The van der Waals surface area contributed by atoms with E-state index in [0.717, 1.165) is 24.3 Å². The van der Waals surface area contributed by atoms with Crippen LogP contribution >= 0.6 is 0 Å². The van der Waals surface area contributed by atoms with Crippen LogP contribution in [0.5, 0.6) is 0 Å². The summed E-state index contributed by atoms with van der Waals surface area (Å²) >= 11 is 0. The molecule has 0 aromatic heterocycles. The average Bonchev–Trinajstić information content (AvgIpc) is 3.03. The Bertz CT molecular complexity index is 619. The van der Waals surface area contributed by atoms with E-state index in [9.17, 15) is 0 Å². The second-order valence-corrected chi connectivity index (χ2v) is 5.93. The summed E-state index contributed by atoms with van der Waals surface area (Å²) in [6.07, 6.45) is 0. The van der Waals surface area contributed by atoms with Gasteiger partial charge in [-0.15, -0.1) is 0 Å². The highest BCUT2D eigenvalue weighted by molar-refractivity contribution is 5.68. The Labute approximate surface area is 107 Å². The fraction of sp³-hybridized carbons (Fsp3) is 0.294. The predicted octanol–water partition coefficient (Wildman–Crippen LogP) is 2.76. The van der Waals surface area contributed by atoms with Crippen LogP contribution < -0.4 is 5.73 Å². The Morgan fingerprint density at radius 3 is 1.83 bits per heavy atom. The third-order valence-corrected chi connectivity index (χ3v) is 5.51. The Balaban J connectivity index is 1.90. The van der Waals surface area contributed by atoms with Crippen molar-refractivity contribution in [3.8, 4) is 0 Å².